The van der Waals surface area contributed by atoms with Gasteiger partial charge >= 0.3 is 6.61 Å². The number of rotatable bonds is 6. The highest BCUT2D eigenvalue weighted by Gasteiger charge is 2.29. The molecule has 1 aliphatic carbocycles. The topological polar surface area (TPSA) is 67.4 Å². The van der Waals surface area contributed by atoms with Gasteiger partial charge in [-0.3, -0.25) is 9.59 Å². The lowest BCUT2D eigenvalue weighted by Crippen LogP contribution is -2.14. The number of hydrogen-bond donors (Lipinski definition) is 2. The van der Waals surface area contributed by atoms with Crippen LogP contribution in [-0.4, -0.2) is 18.4 Å². The maximum absolute atomic E-state index is 12.2. The fourth-order valence-electron chi connectivity index (χ4n) is 2.24. The molecule has 1 saturated carbocycles. The highest BCUT2D eigenvalue weighted by Crippen LogP contribution is 2.30. The van der Waals surface area contributed by atoms with Crippen LogP contribution in [0.5, 0.6) is 5.75 Å². The SMILES string of the molecule is O=C(Nc1ccc(NC(=O)C2CC2)cc1)c1cccc(OC(F)F)c1. The van der Waals surface area contributed by atoms with Gasteiger partial charge in [0.2, 0.25) is 5.91 Å². The van der Waals surface area contributed by atoms with Gasteiger partial charge in [0, 0.05) is 22.9 Å². The number of amides is 2. The molecule has 1 aliphatic rings. The van der Waals surface area contributed by atoms with Crippen LogP contribution in [0.1, 0.15) is 23.2 Å². The Labute approximate surface area is 143 Å². The summed E-state index contributed by atoms with van der Waals surface area (Å²) in [5, 5.41) is 5.46. The van der Waals surface area contributed by atoms with Gasteiger partial charge in [0.05, 0.1) is 0 Å². The fraction of sp³-hybridized carbons (Fsp3) is 0.222. The number of carbonyl (C=O) groups is 2. The van der Waals surface area contributed by atoms with E-state index in [9.17, 15) is 18.4 Å². The minimum absolute atomic E-state index is 0.00707. The summed E-state index contributed by atoms with van der Waals surface area (Å²) in [6, 6.07) is 12.2. The summed E-state index contributed by atoms with van der Waals surface area (Å²) in [4.78, 5) is 23.9. The largest absolute Gasteiger partial charge is 0.435 e. The Hall–Kier alpha value is -2.96. The molecule has 2 aromatic rings. The first-order chi connectivity index (χ1) is 12.0. The molecule has 0 spiro atoms. The molecule has 0 heterocycles. The Bertz CT molecular complexity index is 774. The Morgan fingerprint density at radius 2 is 1.64 bits per heavy atom. The summed E-state index contributed by atoms with van der Waals surface area (Å²) in [6.45, 7) is -2.95. The molecule has 0 saturated heterocycles. The van der Waals surface area contributed by atoms with Gasteiger partial charge in [-0.25, -0.2) is 0 Å². The molecule has 1 fully saturated rings. The summed E-state index contributed by atoms with van der Waals surface area (Å²) in [7, 11) is 0. The van der Waals surface area contributed by atoms with Crippen molar-refractivity contribution >= 4 is 23.2 Å². The fourth-order valence-corrected chi connectivity index (χ4v) is 2.24. The van der Waals surface area contributed by atoms with Gasteiger partial charge in [-0.2, -0.15) is 8.78 Å². The quantitative estimate of drug-likeness (QED) is 0.834. The zero-order valence-electron chi connectivity index (χ0n) is 13.2. The molecule has 0 aromatic heterocycles. The van der Waals surface area contributed by atoms with Crippen LogP contribution in [0.2, 0.25) is 0 Å². The minimum Gasteiger partial charge on any atom is -0.435 e. The van der Waals surface area contributed by atoms with Gasteiger partial charge in [-0.15, -0.1) is 0 Å². The van der Waals surface area contributed by atoms with Crippen LogP contribution in [0.4, 0.5) is 20.2 Å². The van der Waals surface area contributed by atoms with Crippen LogP contribution in [0.15, 0.2) is 48.5 Å². The number of nitrogens with one attached hydrogen (secondary N) is 2. The molecule has 2 aromatic carbocycles. The zero-order valence-corrected chi connectivity index (χ0v) is 13.2. The van der Waals surface area contributed by atoms with E-state index in [1.807, 2.05) is 0 Å². The predicted octanol–water partition coefficient (Wildman–Crippen LogP) is 3.89. The molecule has 0 radical (unpaired) electrons. The average molecular weight is 346 g/mol. The molecule has 3 rings (SSSR count). The molecule has 0 unspecified atom stereocenters. The zero-order chi connectivity index (χ0) is 17.8. The van der Waals surface area contributed by atoms with Gasteiger partial charge in [-0.05, 0) is 55.3 Å². The lowest BCUT2D eigenvalue weighted by Gasteiger charge is -2.09. The van der Waals surface area contributed by atoms with Crippen molar-refractivity contribution in [2.45, 2.75) is 19.5 Å². The maximum atomic E-state index is 12.2. The number of ether oxygens (including phenoxy) is 1. The lowest BCUT2D eigenvalue weighted by molar-refractivity contribution is -0.117. The highest BCUT2D eigenvalue weighted by molar-refractivity contribution is 6.04. The van der Waals surface area contributed by atoms with Crippen LogP contribution < -0.4 is 15.4 Å². The number of anilines is 2. The van der Waals surface area contributed by atoms with Crippen molar-refractivity contribution in [1.82, 2.24) is 0 Å². The average Bonchev–Trinajstić information content (AvgIpc) is 3.41. The second kappa shape index (κ2) is 7.29. The van der Waals surface area contributed by atoms with Gasteiger partial charge in [0.15, 0.2) is 0 Å². The minimum atomic E-state index is -2.95. The molecule has 2 N–H and O–H groups in total. The van der Waals surface area contributed by atoms with Crippen LogP contribution in [-0.2, 0) is 4.79 Å². The number of hydrogen-bond acceptors (Lipinski definition) is 3. The number of carbonyl (C=O) groups excluding carboxylic acids is 2. The summed E-state index contributed by atoms with van der Waals surface area (Å²) in [5.41, 5.74) is 1.38. The molecule has 0 bridgehead atoms. The summed E-state index contributed by atoms with van der Waals surface area (Å²) >= 11 is 0. The van der Waals surface area contributed by atoms with Crippen molar-refractivity contribution in [3.05, 3.63) is 54.1 Å². The van der Waals surface area contributed by atoms with Crippen molar-refractivity contribution in [2.24, 2.45) is 5.92 Å². The summed E-state index contributed by atoms with van der Waals surface area (Å²) in [6.07, 6.45) is 1.85. The first kappa shape index (κ1) is 16.9. The van der Waals surface area contributed by atoms with Crippen molar-refractivity contribution in [3.63, 3.8) is 0 Å². The lowest BCUT2D eigenvalue weighted by atomic mass is 10.2. The van der Waals surface area contributed by atoms with Crippen LogP contribution in [0, 0.1) is 5.92 Å². The number of benzene rings is 2. The maximum Gasteiger partial charge on any atom is 0.387 e. The van der Waals surface area contributed by atoms with E-state index in [2.05, 4.69) is 15.4 Å². The molecule has 0 atom stereocenters. The van der Waals surface area contributed by atoms with Crippen molar-refractivity contribution < 1.29 is 23.1 Å². The van der Waals surface area contributed by atoms with Gasteiger partial charge < -0.3 is 15.4 Å². The molecule has 5 nitrogen and oxygen atoms in total. The summed E-state index contributed by atoms with van der Waals surface area (Å²) in [5.74, 6) is -0.412. The normalized spacial score (nSPS) is 13.4. The first-order valence-electron chi connectivity index (χ1n) is 7.78. The van der Waals surface area contributed by atoms with E-state index in [1.165, 1.54) is 24.3 Å². The van der Waals surface area contributed by atoms with Crippen molar-refractivity contribution in [2.75, 3.05) is 10.6 Å². The Balaban J connectivity index is 1.61. The molecule has 2 amide bonds. The van der Waals surface area contributed by atoms with Crippen LogP contribution in [0.3, 0.4) is 0 Å². The molecule has 0 aliphatic heterocycles. The van der Waals surface area contributed by atoms with E-state index in [0.29, 0.717) is 11.4 Å². The molecule has 130 valence electrons. The van der Waals surface area contributed by atoms with Gasteiger partial charge in [-0.1, -0.05) is 6.07 Å². The van der Waals surface area contributed by atoms with Gasteiger partial charge in [0.1, 0.15) is 5.75 Å². The highest BCUT2D eigenvalue weighted by atomic mass is 19.3. The Morgan fingerprint density at radius 3 is 2.24 bits per heavy atom. The van der Waals surface area contributed by atoms with E-state index in [0.717, 1.165) is 12.8 Å². The third-order valence-electron chi connectivity index (χ3n) is 3.68. The molecule has 25 heavy (non-hydrogen) atoms. The standard InChI is InChI=1S/C18H16F2N2O3/c19-18(20)25-15-3-1-2-12(10-15)17(24)22-14-8-6-13(7-9-14)21-16(23)11-4-5-11/h1-3,6-11,18H,4-5H2,(H,21,23)(H,22,24). The van der Waals surface area contributed by atoms with E-state index >= 15 is 0 Å². The monoisotopic (exact) mass is 346 g/mol. The Kier molecular flexibility index (Phi) is 4.92. The first-order valence-corrected chi connectivity index (χ1v) is 7.78. The van der Waals surface area contributed by atoms with E-state index < -0.39 is 12.5 Å². The van der Waals surface area contributed by atoms with Gasteiger partial charge in [0.25, 0.3) is 5.91 Å². The third kappa shape index (κ3) is 4.76. The van der Waals surface area contributed by atoms with Crippen LogP contribution in [0.25, 0.3) is 0 Å². The molecule has 7 heteroatoms. The van der Waals surface area contributed by atoms with E-state index in [4.69, 9.17) is 0 Å². The molecular formula is C18H16F2N2O3. The van der Waals surface area contributed by atoms with Crippen molar-refractivity contribution in [3.8, 4) is 5.75 Å². The number of alkyl halides is 2. The third-order valence-corrected chi connectivity index (χ3v) is 3.68. The summed E-state index contributed by atoms with van der Waals surface area (Å²) < 4.78 is 28.7. The second-order valence-electron chi connectivity index (χ2n) is 5.70. The van der Waals surface area contributed by atoms with Crippen molar-refractivity contribution in [1.29, 1.82) is 0 Å². The Morgan fingerprint density at radius 1 is 1.00 bits per heavy atom. The molecular weight excluding hydrogens is 330 g/mol. The van der Waals surface area contributed by atoms with E-state index in [1.54, 1.807) is 24.3 Å². The van der Waals surface area contributed by atoms with E-state index in [-0.39, 0.29) is 23.1 Å². The van der Waals surface area contributed by atoms with Crippen LogP contribution >= 0.6 is 0 Å². The smallest absolute Gasteiger partial charge is 0.387 e. The number of halogens is 2. The predicted molar refractivity (Wildman–Crippen MR) is 88.8 cm³/mol. The second-order valence-corrected chi connectivity index (χ2v) is 5.70.